The van der Waals surface area contributed by atoms with E-state index in [1.807, 2.05) is 42.4 Å². The zero-order valence-electron chi connectivity index (χ0n) is 15.9. The van der Waals surface area contributed by atoms with Crippen molar-refractivity contribution in [1.82, 2.24) is 29.5 Å². The number of carbonyl (C=O) groups is 1. The molecule has 1 saturated heterocycles. The van der Waals surface area contributed by atoms with E-state index < -0.39 is 0 Å². The lowest BCUT2D eigenvalue weighted by Gasteiger charge is -2.29. The molecule has 1 aromatic carbocycles. The molecule has 0 bridgehead atoms. The van der Waals surface area contributed by atoms with Gasteiger partial charge in [0.25, 0.3) is 0 Å². The average Bonchev–Trinajstić information content (AvgIpc) is 3.38. The Labute approximate surface area is 162 Å². The van der Waals surface area contributed by atoms with Gasteiger partial charge >= 0.3 is 0 Å². The molecule has 0 radical (unpaired) electrons. The number of β-amino-alcohol motifs (C(OH)–C–C–N with tert-alkyl or cyclic N) is 1. The fourth-order valence-corrected chi connectivity index (χ4v) is 4.47. The van der Waals surface area contributed by atoms with Crippen LogP contribution in [0.2, 0.25) is 0 Å². The summed E-state index contributed by atoms with van der Waals surface area (Å²) in [6.07, 6.45) is 2.66. The van der Waals surface area contributed by atoms with Crippen molar-refractivity contribution >= 4 is 16.8 Å². The number of likely N-dealkylation sites (N-methyl/N-ethyl adjacent to an activating group) is 1. The number of aliphatic hydroxyl groups excluding tert-OH is 1. The molecule has 4 heterocycles. The third-order valence-corrected chi connectivity index (χ3v) is 5.98. The maximum atomic E-state index is 12.9. The van der Waals surface area contributed by atoms with Crippen LogP contribution in [0.25, 0.3) is 10.9 Å². The minimum Gasteiger partial charge on any atom is -0.392 e. The SMILES string of the molecule is CN1C[C@H](O)C[C@H]1c1nnc2n1CCN(C(=O)Cc1c[nH]c3ccccc13)C2. The summed E-state index contributed by atoms with van der Waals surface area (Å²) in [6.45, 7) is 2.48. The van der Waals surface area contributed by atoms with E-state index in [4.69, 9.17) is 0 Å². The normalized spacial score (nSPS) is 22.7. The molecule has 3 aromatic rings. The number of rotatable bonds is 3. The predicted molar refractivity (Wildman–Crippen MR) is 103 cm³/mol. The molecule has 0 saturated carbocycles. The molecule has 0 aliphatic carbocycles. The molecule has 28 heavy (non-hydrogen) atoms. The quantitative estimate of drug-likeness (QED) is 0.710. The van der Waals surface area contributed by atoms with Crippen LogP contribution in [-0.4, -0.2) is 66.8 Å². The number of aromatic nitrogens is 4. The number of fused-ring (bicyclic) bond motifs is 2. The molecule has 1 fully saturated rings. The molecule has 146 valence electrons. The average molecular weight is 380 g/mol. The van der Waals surface area contributed by atoms with E-state index in [1.165, 1.54) is 0 Å². The molecule has 5 rings (SSSR count). The fourth-order valence-electron chi connectivity index (χ4n) is 4.47. The minimum atomic E-state index is -0.319. The zero-order valence-corrected chi connectivity index (χ0v) is 15.9. The fraction of sp³-hybridized carbons (Fsp3) is 0.450. The van der Waals surface area contributed by atoms with Gasteiger partial charge in [-0.2, -0.15) is 0 Å². The van der Waals surface area contributed by atoms with Gasteiger partial charge in [0.2, 0.25) is 5.91 Å². The summed E-state index contributed by atoms with van der Waals surface area (Å²) in [4.78, 5) is 20.1. The second-order valence-corrected chi connectivity index (χ2v) is 7.82. The van der Waals surface area contributed by atoms with Crippen LogP contribution in [0.3, 0.4) is 0 Å². The maximum absolute atomic E-state index is 12.9. The molecule has 2 aliphatic rings. The molecule has 0 spiro atoms. The van der Waals surface area contributed by atoms with Crippen LogP contribution >= 0.6 is 0 Å². The van der Waals surface area contributed by atoms with E-state index in [0.717, 1.165) is 28.1 Å². The molecular weight excluding hydrogens is 356 g/mol. The van der Waals surface area contributed by atoms with E-state index >= 15 is 0 Å². The second-order valence-electron chi connectivity index (χ2n) is 7.82. The number of hydrogen-bond donors (Lipinski definition) is 2. The lowest BCUT2D eigenvalue weighted by Crippen LogP contribution is -2.40. The molecule has 2 atom stereocenters. The van der Waals surface area contributed by atoms with Crippen molar-refractivity contribution in [3.63, 3.8) is 0 Å². The zero-order chi connectivity index (χ0) is 19.3. The van der Waals surface area contributed by atoms with Gasteiger partial charge in [0.05, 0.1) is 25.1 Å². The predicted octanol–water partition coefficient (Wildman–Crippen LogP) is 1.08. The first-order valence-corrected chi connectivity index (χ1v) is 9.73. The topological polar surface area (TPSA) is 90.3 Å². The molecule has 2 N–H and O–H groups in total. The molecule has 0 unspecified atom stereocenters. The Morgan fingerprint density at radius 3 is 2.96 bits per heavy atom. The number of aliphatic hydroxyl groups is 1. The van der Waals surface area contributed by atoms with Gasteiger partial charge < -0.3 is 19.6 Å². The second kappa shape index (κ2) is 6.72. The van der Waals surface area contributed by atoms with Crippen molar-refractivity contribution in [3.05, 3.63) is 47.7 Å². The summed E-state index contributed by atoms with van der Waals surface area (Å²) in [5, 5.41) is 19.8. The Bertz CT molecular complexity index is 1020. The van der Waals surface area contributed by atoms with Crippen LogP contribution < -0.4 is 0 Å². The molecule has 8 nitrogen and oxygen atoms in total. The summed E-state index contributed by atoms with van der Waals surface area (Å²) < 4.78 is 2.12. The lowest BCUT2D eigenvalue weighted by molar-refractivity contribution is -0.132. The van der Waals surface area contributed by atoms with Crippen molar-refractivity contribution in [2.75, 3.05) is 20.1 Å². The third-order valence-electron chi connectivity index (χ3n) is 5.98. The van der Waals surface area contributed by atoms with Crippen molar-refractivity contribution in [1.29, 1.82) is 0 Å². The molecule has 8 heteroatoms. The number of aromatic amines is 1. The number of H-pyrrole nitrogens is 1. The highest BCUT2D eigenvalue weighted by Crippen LogP contribution is 2.31. The first kappa shape index (κ1) is 17.4. The van der Waals surface area contributed by atoms with Crippen molar-refractivity contribution < 1.29 is 9.90 Å². The Morgan fingerprint density at radius 1 is 1.29 bits per heavy atom. The number of likely N-dealkylation sites (tertiary alicyclic amines) is 1. The van der Waals surface area contributed by atoms with Gasteiger partial charge in [0.1, 0.15) is 0 Å². The Morgan fingerprint density at radius 2 is 2.14 bits per heavy atom. The van der Waals surface area contributed by atoms with Crippen molar-refractivity contribution in [3.8, 4) is 0 Å². The summed E-state index contributed by atoms with van der Waals surface area (Å²) in [6, 6.07) is 8.13. The van der Waals surface area contributed by atoms with Crippen LogP contribution in [0.1, 0.15) is 29.7 Å². The van der Waals surface area contributed by atoms with Gasteiger partial charge in [-0.15, -0.1) is 10.2 Å². The Hall–Kier alpha value is -2.71. The number of benzene rings is 1. The number of hydrogen-bond acceptors (Lipinski definition) is 5. The number of amides is 1. The molecular formula is C20H24N6O2. The molecule has 1 amide bonds. The summed E-state index contributed by atoms with van der Waals surface area (Å²) >= 11 is 0. The van der Waals surface area contributed by atoms with Crippen LogP contribution in [0.15, 0.2) is 30.5 Å². The minimum absolute atomic E-state index is 0.0877. The largest absolute Gasteiger partial charge is 0.392 e. The van der Waals surface area contributed by atoms with Gasteiger partial charge in [-0.3, -0.25) is 9.69 Å². The number of carbonyl (C=O) groups excluding carboxylic acids is 1. The van der Waals surface area contributed by atoms with E-state index in [9.17, 15) is 9.90 Å². The number of nitrogens with zero attached hydrogens (tertiary/aromatic N) is 5. The number of para-hydroxylation sites is 1. The maximum Gasteiger partial charge on any atom is 0.227 e. The summed E-state index contributed by atoms with van der Waals surface area (Å²) in [5.74, 6) is 1.83. The highest BCUT2D eigenvalue weighted by Gasteiger charge is 2.35. The van der Waals surface area contributed by atoms with E-state index in [1.54, 1.807) is 0 Å². The first-order valence-electron chi connectivity index (χ1n) is 9.73. The van der Waals surface area contributed by atoms with E-state index in [-0.39, 0.29) is 18.1 Å². The monoisotopic (exact) mass is 380 g/mol. The summed E-state index contributed by atoms with van der Waals surface area (Å²) in [7, 11) is 2.00. The van der Waals surface area contributed by atoms with Crippen LogP contribution in [0, 0.1) is 0 Å². The van der Waals surface area contributed by atoms with Gasteiger partial charge in [-0.1, -0.05) is 18.2 Å². The lowest BCUT2D eigenvalue weighted by atomic mass is 10.1. The Kier molecular flexibility index (Phi) is 4.17. The Balaban J connectivity index is 1.32. The smallest absolute Gasteiger partial charge is 0.227 e. The van der Waals surface area contributed by atoms with Gasteiger partial charge in [-0.05, 0) is 25.1 Å². The van der Waals surface area contributed by atoms with Crippen molar-refractivity contribution in [2.45, 2.75) is 38.1 Å². The van der Waals surface area contributed by atoms with Crippen LogP contribution in [0.5, 0.6) is 0 Å². The van der Waals surface area contributed by atoms with Crippen LogP contribution in [-0.2, 0) is 24.3 Å². The molecule has 2 aromatic heterocycles. The van der Waals surface area contributed by atoms with Gasteiger partial charge in [0.15, 0.2) is 11.6 Å². The van der Waals surface area contributed by atoms with E-state index in [0.29, 0.717) is 39.0 Å². The third kappa shape index (κ3) is 2.89. The van der Waals surface area contributed by atoms with Gasteiger partial charge in [-0.25, -0.2) is 0 Å². The van der Waals surface area contributed by atoms with Crippen LogP contribution in [0.4, 0.5) is 0 Å². The standard InChI is InChI=1S/C20H24N6O2/c1-24-11-14(27)9-17(24)20-23-22-18-12-25(6-7-26(18)20)19(28)8-13-10-21-16-5-3-2-4-15(13)16/h2-5,10,14,17,21,27H,6-9,11-12H2,1H3/t14-,17+/m1/s1. The molecule has 2 aliphatic heterocycles. The van der Waals surface area contributed by atoms with E-state index in [2.05, 4.69) is 24.6 Å². The summed E-state index contributed by atoms with van der Waals surface area (Å²) in [5.41, 5.74) is 2.08. The highest BCUT2D eigenvalue weighted by atomic mass is 16.3. The van der Waals surface area contributed by atoms with Gasteiger partial charge in [0, 0.05) is 36.7 Å². The first-order chi connectivity index (χ1) is 13.6. The highest BCUT2D eigenvalue weighted by molar-refractivity contribution is 5.88. The van der Waals surface area contributed by atoms with Crippen molar-refractivity contribution in [2.24, 2.45) is 0 Å². The number of nitrogens with one attached hydrogen (secondary N) is 1.